The maximum atomic E-state index is 13.7. The van der Waals surface area contributed by atoms with E-state index in [1.807, 2.05) is 0 Å². The van der Waals surface area contributed by atoms with Gasteiger partial charge in [-0.3, -0.25) is 19.2 Å². The maximum absolute atomic E-state index is 13.7. The standard InChI is InChI=1S/C28H36N4O8/c29-26(39)27-12-15-4-5-18(31-20(35)14-30-6-9-32-7-2-1-3-8-32)23(36)21(15)24(37)22(27)25(38)28(40)16(13-27)10-17(33)11-19(28)34/h4-5,16-17,30,33,36-37,40H,1-3,6-14H2,(H2,29,39)(H,31,35). The van der Waals surface area contributed by atoms with Crippen LogP contribution in [-0.2, 0) is 25.6 Å². The molecule has 1 heterocycles. The Labute approximate surface area is 231 Å². The molecule has 4 atom stereocenters. The Morgan fingerprint density at radius 1 is 1.12 bits per heavy atom. The highest BCUT2D eigenvalue weighted by atomic mass is 16.3. The summed E-state index contributed by atoms with van der Waals surface area (Å²) in [6.07, 6.45) is 1.55. The van der Waals surface area contributed by atoms with Crippen molar-refractivity contribution in [3.8, 4) is 5.75 Å². The van der Waals surface area contributed by atoms with Crippen LogP contribution in [0.2, 0.25) is 0 Å². The zero-order valence-electron chi connectivity index (χ0n) is 22.2. The largest absolute Gasteiger partial charge is 0.507 e. The maximum Gasteiger partial charge on any atom is 0.238 e. The summed E-state index contributed by atoms with van der Waals surface area (Å²) in [4.78, 5) is 54.2. The number of fused-ring (bicyclic) bond motifs is 3. The van der Waals surface area contributed by atoms with E-state index in [2.05, 4.69) is 15.5 Å². The number of benzene rings is 1. The topological polar surface area (TPSA) is 203 Å². The molecule has 12 nitrogen and oxygen atoms in total. The van der Waals surface area contributed by atoms with Crippen LogP contribution in [0.5, 0.6) is 5.75 Å². The molecule has 0 aromatic heterocycles. The van der Waals surface area contributed by atoms with E-state index in [-0.39, 0.29) is 37.1 Å². The average molecular weight is 557 g/mol. The zero-order valence-corrected chi connectivity index (χ0v) is 22.2. The van der Waals surface area contributed by atoms with Crippen molar-refractivity contribution < 1.29 is 39.6 Å². The van der Waals surface area contributed by atoms with Crippen molar-refractivity contribution in [1.82, 2.24) is 10.2 Å². The molecule has 40 heavy (non-hydrogen) atoms. The molecule has 0 spiro atoms. The van der Waals surface area contributed by atoms with Gasteiger partial charge in [0.2, 0.25) is 17.6 Å². The van der Waals surface area contributed by atoms with Gasteiger partial charge in [0.15, 0.2) is 11.4 Å². The number of hydrogen-bond donors (Lipinski definition) is 7. The lowest BCUT2D eigenvalue weighted by atomic mass is 9.52. The smallest absolute Gasteiger partial charge is 0.238 e. The average Bonchev–Trinajstić information content (AvgIpc) is 2.90. The van der Waals surface area contributed by atoms with Crippen LogP contribution in [0, 0.1) is 11.3 Å². The van der Waals surface area contributed by atoms with Crippen LogP contribution in [0.15, 0.2) is 17.7 Å². The van der Waals surface area contributed by atoms with E-state index in [4.69, 9.17) is 5.73 Å². The Morgan fingerprint density at radius 3 is 2.55 bits per heavy atom. The number of phenolic OH excluding ortho intramolecular Hbond substituents is 1. The lowest BCUT2D eigenvalue weighted by molar-refractivity contribution is -0.171. The minimum atomic E-state index is -2.53. The minimum absolute atomic E-state index is 0.0108. The van der Waals surface area contributed by atoms with E-state index < -0.39 is 69.9 Å². The summed E-state index contributed by atoms with van der Waals surface area (Å²) in [7, 11) is 0. The highest BCUT2D eigenvalue weighted by Gasteiger charge is 2.66. The molecule has 3 aliphatic carbocycles. The second-order valence-corrected chi connectivity index (χ2v) is 11.5. The number of nitrogens with zero attached hydrogens (tertiary/aromatic N) is 1. The first-order chi connectivity index (χ1) is 19.0. The van der Waals surface area contributed by atoms with Gasteiger partial charge in [-0.1, -0.05) is 12.5 Å². The van der Waals surface area contributed by atoms with Crippen molar-refractivity contribution in [2.24, 2.45) is 17.1 Å². The molecule has 0 bridgehead atoms. The number of aliphatic hydroxyl groups is 3. The van der Waals surface area contributed by atoms with Crippen LogP contribution in [0.4, 0.5) is 5.69 Å². The molecule has 4 aliphatic rings. The van der Waals surface area contributed by atoms with Crippen molar-refractivity contribution in [3.05, 3.63) is 28.8 Å². The number of primary amides is 1. The van der Waals surface area contributed by atoms with Gasteiger partial charge in [0.1, 0.15) is 11.5 Å². The molecule has 8 N–H and O–H groups in total. The number of rotatable bonds is 7. The number of aliphatic hydroxyl groups excluding tert-OH is 2. The van der Waals surface area contributed by atoms with Gasteiger partial charge in [0.05, 0.1) is 34.9 Å². The van der Waals surface area contributed by atoms with Gasteiger partial charge in [-0.15, -0.1) is 0 Å². The first kappa shape index (κ1) is 28.2. The van der Waals surface area contributed by atoms with Crippen LogP contribution in [0.1, 0.15) is 49.7 Å². The molecule has 1 aliphatic heterocycles. The Balaban J connectivity index is 1.39. The molecule has 1 aromatic carbocycles. The molecule has 2 amide bonds. The summed E-state index contributed by atoms with van der Waals surface area (Å²) in [5, 5.41) is 49.4. The first-order valence-corrected chi connectivity index (χ1v) is 13.8. The van der Waals surface area contributed by atoms with E-state index in [1.165, 1.54) is 31.4 Å². The molecule has 4 unspecified atom stereocenters. The lowest BCUT2D eigenvalue weighted by Gasteiger charge is -2.51. The Kier molecular flexibility index (Phi) is 7.47. The molecule has 0 radical (unpaired) electrons. The number of likely N-dealkylation sites (tertiary alicyclic amines) is 1. The normalized spacial score (nSPS) is 30.4. The van der Waals surface area contributed by atoms with Crippen molar-refractivity contribution in [1.29, 1.82) is 0 Å². The molecule has 5 rings (SSSR count). The summed E-state index contributed by atoms with van der Waals surface area (Å²) in [6.45, 7) is 3.52. The van der Waals surface area contributed by atoms with Crippen molar-refractivity contribution in [3.63, 3.8) is 0 Å². The molecule has 216 valence electrons. The quantitative estimate of drug-likeness (QED) is 0.133. The molecule has 3 fully saturated rings. The second-order valence-electron chi connectivity index (χ2n) is 11.5. The van der Waals surface area contributed by atoms with E-state index in [1.54, 1.807) is 0 Å². The lowest BCUT2D eigenvalue weighted by Crippen LogP contribution is -2.66. The van der Waals surface area contributed by atoms with E-state index in [0.717, 1.165) is 19.6 Å². The Morgan fingerprint density at radius 2 is 1.85 bits per heavy atom. The number of hydrogen-bond acceptors (Lipinski definition) is 10. The molecular formula is C28H36N4O8. The van der Waals surface area contributed by atoms with Gasteiger partial charge in [-0.2, -0.15) is 0 Å². The van der Waals surface area contributed by atoms with Crippen LogP contribution in [-0.4, -0.2) is 93.1 Å². The number of aromatic hydroxyl groups is 1. The van der Waals surface area contributed by atoms with Crippen molar-refractivity contribution in [2.75, 3.05) is 38.0 Å². The van der Waals surface area contributed by atoms with E-state index >= 15 is 0 Å². The first-order valence-electron chi connectivity index (χ1n) is 13.8. The minimum Gasteiger partial charge on any atom is -0.507 e. The molecule has 1 aromatic rings. The summed E-state index contributed by atoms with van der Waals surface area (Å²) in [5.41, 5.74) is 1.07. The molecular weight excluding hydrogens is 520 g/mol. The fraction of sp³-hybridized carbons (Fsp3) is 0.571. The fourth-order valence-corrected chi connectivity index (χ4v) is 6.87. The third-order valence-electron chi connectivity index (χ3n) is 8.96. The summed E-state index contributed by atoms with van der Waals surface area (Å²) >= 11 is 0. The Bertz CT molecular complexity index is 1290. The number of nitrogens with two attached hydrogens (primary N) is 1. The van der Waals surface area contributed by atoms with Crippen molar-refractivity contribution in [2.45, 2.75) is 56.7 Å². The number of carbonyl (C=O) groups is 4. The molecule has 2 saturated carbocycles. The van der Waals surface area contributed by atoms with Gasteiger partial charge < -0.3 is 41.7 Å². The van der Waals surface area contributed by atoms with Crippen molar-refractivity contribution >= 4 is 34.8 Å². The predicted octanol–water partition coefficient (Wildman–Crippen LogP) is -0.253. The predicted molar refractivity (Wildman–Crippen MR) is 143 cm³/mol. The Hall–Kier alpha value is -3.32. The highest BCUT2D eigenvalue weighted by molar-refractivity contribution is 6.24. The van der Waals surface area contributed by atoms with E-state index in [0.29, 0.717) is 12.1 Å². The number of piperidine rings is 1. The molecule has 12 heteroatoms. The number of nitrogens with one attached hydrogen (secondary N) is 2. The van der Waals surface area contributed by atoms with E-state index in [9.17, 15) is 39.6 Å². The zero-order chi connectivity index (χ0) is 28.8. The molecule has 1 saturated heterocycles. The highest BCUT2D eigenvalue weighted by Crippen LogP contribution is 2.57. The number of Topliss-reactive ketones (excluding diaryl/α,β-unsaturated/α-hetero) is 2. The summed E-state index contributed by atoms with van der Waals surface area (Å²) < 4.78 is 0. The van der Waals surface area contributed by atoms with Gasteiger partial charge in [-0.05, 0) is 56.8 Å². The van der Waals surface area contributed by atoms with Crippen LogP contribution in [0.3, 0.4) is 0 Å². The van der Waals surface area contributed by atoms with Gasteiger partial charge >= 0.3 is 0 Å². The van der Waals surface area contributed by atoms with Crippen LogP contribution >= 0.6 is 0 Å². The number of carbonyl (C=O) groups excluding carboxylic acids is 4. The third kappa shape index (κ3) is 4.58. The summed E-state index contributed by atoms with van der Waals surface area (Å²) in [6, 6.07) is 2.94. The van der Waals surface area contributed by atoms with Gasteiger partial charge in [-0.25, -0.2) is 0 Å². The number of ketones is 2. The number of phenols is 1. The second kappa shape index (κ2) is 10.6. The van der Waals surface area contributed by atoms with Crippen LogP contribution in [0.25, 0.3) is 5.76 Å². The SMILES string of the molecule is NC(=O)C12Cc3ccc(NC(=O)CNCCN4CCCCC4)c(O)c3C(O)=C1C(=O)C1(O)C(=O)CC(O)CC1C2. The van der Waals surface area contributed by atoms with Crippen LogP contribution < -0.4 is 16.4 Å². The van der Waals surface area contributed by atoms with Gasteiger partial charge in [0.25, 0.3) is 0 Å². The number of amides is 2. The third-order valence-corrected chi connectivity index (χ3v) is 8.96. The monoisotopic (exact) mass is 556 g/mol. The van der Waals surface area contributed by atoms with Gasteiger partial charge in [0, 0.05) is 25.4 Å². The number of anilines is 1. The fourth-order valence-electron chi connectivity index (χ4n) is 6.87. The summed E-state index contributed by atoms with van der Waals surface area (Å²) in [5.74, 6) is -5.79.